The predicted molar refractivity (Wildman–Crippen MR) is 353 cm³/mol. The third kappa shape index (κ3) is 8.79. The lowest BCUT2D eigenvalue weighted by Gasteiger charge is -2.46. The largest absolute Gasteiger partial charge is 0.309 e. The van der Waals surface area contributed by atoms with E-state index in [1.54, 1.807) is 0 Å². The van der Waals surface area contributed by atoms with Gasteiger partial charge in [0.05, 0.1) is 33.9 Å². The van der Waals surface area contributed by atoms with E-state index in [0.717, 1.165) is 140 Å². The van der Waals surface area contributed by atoms with E-state index in [9.17, 15) is 10.5 Å². The first-order valence-electron chi connectivity index (χ1n) is 28.8. The molecular formula is C80H51BN4. The Bertz CT molecular complexity index is 4330. The van der Waals surface area contributed by atoms with E-state index in [4.69, 9.17) is 0 Å². The van der Waals surface area contributed by atoms with Crippen LogP contribution in [0.25, 0.3) is 89.0 Å². The highest BCUT2D eigenvalue weighted by Gasteiger charge is 2.47. The summed E-state index contributed by atoms with van der Waals surface area (Å²) in [6, 6.07) is 115. The second-order valence-electron chi connectivity index (χ2n) is 21.7. The van der Waals surface area contributed by atoms with Crippen molar-refractivity contribution in [1.82, 2.24) is 0 Å². The fraction of sp³-hybridized carbons (Fsp3) is 0. The Kier molecular flexibility index (Phi) is 12.7. The number of anilines is 6. The first kappa shape index (κ1) is 50.5. The Morgan fingerprint density at radius 2 is 0.494 bits per heavy atom. The normalized spacial score (nSPS) is 11.9. The van der Waals surface area contributed by atoms with E-state index in [1.807, 2.05) is 6.07 Å². The van der Waals surface area contributed by atoms with Gasteiger partial charge in [-0.3, -0.25) is 0 Å². The minimum absolute atomic E-state index is 0.400. The number of nitriles is 2. The van der Waals surface area contributed by atoms with Gasteiger partial charge in [-0.15, -0.1) is 0 Å². The van der Waals surface area contributed by atoms with Crippen molar-refractivity contribution in [3.05, 3.63) is 321 Å². The molecule has 85 heavy (non-hydrogen) atoms. The molecule has 0 spiro atoms. The second kappa shape index (κ2) is 21.4. The van der Waals surface area contributed by atoms with Crippen LogP contribution in [-0.2, 0) is 0 Å². The van der Waals surface area contributed by atoms with Crippen molar-refractivity contribution < 1.29 is 0 Å². The van der Waals surface area contributed by atoms with Crippen LogP contribution < -0.4 is 26.2 Å². The van der Waals surface area contributed by atoms with E-state index >= 15 is 0 Å². The minimum Gasteiger partial charge on any atom is -0.309 e. The summed E-state index contributed by atoms with van der Waals surface area (Å²) in [5, 5.41) is 24.1. The van der Waals surface area contributed by atoms with Gasteiger partial charge in [0.2, 0.25) is 0 Å². The zero-order valence-corrected chi connectivity index (χ0v) is 46.3. The molecule has 0 bridgehead atoms. The molecule has 2 aliphatic rings. The average molecular weight is 1080 g/mol. The van der Waals surface area contributed by atoms with Crippen molar-refractivity contribution in [3.8, 4) is 101 Å². The van der Waals surface area contributed by atoms with Crippen LogP contribution in [0.5, 0.6) is 0 Å². The molecule has 0 aliphatic carbocycles. The van der Waals surface area contributed by atoms with E-state index in [2.05, 4.69) is 325 Å². The van der Waals surface area contributed by atoms with Gasteiger partial charge < -0.3 is 9.80 Å². The van der Waals surface area contributed by atoms with Crippen LogP contribution in [0.2, 0.25) is 0 Å². The van der Waals surface area contributed by atoms with Gasteiger partial charge >= 0.3 is 0 Å². The SMILES string of the molecule is N#Cc1cc(C#N)c2c3c1N(c1c(-c4ccccc4)cc(-c4ccccc4)cc1-c1ccccc1)c1cc(-c4ccccc4)ccc1B3c1ccc(-c3ccccc3)cc1N2c1c(-c2ccccc2)cc(-c2ccccc2)cc1-c1ccccc1. The third-order valence-electron chi connectivity index (χ3n) is 16.9. The molecular weight excluding hydrogens is 1030 g/mol. The molecule has 4 nitrogen and oxygen atoms in total. The molecule has 13 aromatic carbocycles. The molecule has 0 aromatic heterocycles. The van der Waals surface area contributed by atoms with Crippen molar-refractivity contribution in [2.24, 2.45) is 0 Å². The zero-order chi connectivity index (χ0) is 56.8. The lowest BCUT2D eigenvalue weighted by Crippen LogP contribution is -2.62. The Hall–Kier alpha value is -11.5. The maximum Gasteiger partial charge on any atom is 0.252 e. The van der Waals surface area contributed by atoms with Crippen LogP contribution in [0.1, 0.15) is 11.1 Å². The van der Waals surface area contributed by atoms with Crippen molar-refractivity contribution in [2.75, 3.05) is 9.80 Å². The minimum atomic E-state index is -0.439. The van der Waals surface area contributed by atoms with E-state index in [1.165, 1.54) is 0 Å². The summed E-state index contributed by atoms with van der Waals surface area (Å²) in [6.45, 7) is -0.439. The fourth-order valence-electron chi connectivity index (χ4n) is 13.1. The van der Waals surface area contributed by atoms with Gasteiger partial charge in [0.1, 0.15) is 12.1 Å². The number of hydrogen-bond donors (Lipinski definition) is 0. The maximum atomic E-state index is 12.1. The average Bonchev–Trinajstić information content (AvgIpc) is 0.732. The molecule has 13 aromatic rings. The first-order valence-corrected chi connectivity index (χ1v) is 28.8. The van der Waals surface area contributed by atoms with Gasteiger partial charge in [-0.2, -0.15) is 10.5 Å². The van der Waals surface area contributed by atoms with Gasteiger partial charge in [0.15, 0.2) is 0 Å². The highest BCUT2D eigenvalue weighted by Crippen LogP contribution is 2.56. The Morgan fingerprint density at radius 1 is 0.235 bits per heavy atom. The second-order valence-corrected chi connectivity index (χ2v) is 21.7. The van der Waals surface area contributed by atoms with Gasteiger partial charge in [-0.1, -0.05) is 267 Å². The lowest BCUT2D eigenvalue weighted by molar-refractivity contribution is 1.24. The molecule has 2 heterocycles. The van der Waals surface area contributed by atoms with Gasteiger partial charge in [-0.05, 0) is 126 Å². The molecule has 0 saturated heterocycles. The summed E-state index contributed by atoms with van der Waals surface area (Å²) in [6.07, 6.45) is 0. The standard InChI is InChI=1S/C80H51BN4/c82-52-66-45-67(53-83)78-76-77(66)84(79-68(58-33-17-5-18-34-58)46-64(56-29-13-3-14-30-56)47-69(79)59-35-19-6-20-36-59)74-50-62(54-25-9-1-10-26-54)41-43-72(74)81(76)73-44-42-63(55-27-11-2-12-28-55)51-75(73)85(78)80-70(60-37-21-7-22-38-60)48-65(57-31-15-4-16-32-57)49-71(80)61-39-23-8-24-40-61/h1-51H. The van der Waals surface area contributed by atoms with Gasteiger partial charge in [0.25, 0.3) is 6.71 Å². The Balaban J connectivity index is 1.14. The molecule has 0 amide bonds. The van der Waals surface area contributed by atoms with Crippen LogP contribution in [-0.4, -0.2) is 6.71 Å². The molecule has 0 radical (unpaired) electrons. The Morgan fingerprint density at radius 3 is 0.765 bits per heavy atom. The monoisotopic (exact) mass is 1080 g/mol. The highest BCUT2D eigenvalue weighted by atomic mass is 15.2. The molecule has 0 fully saturated rings. The number of nitrogens with zero attached hydrogens (tertiary/aromatic N) is 4. The van der Waals surface area contributed by atoms with E-state index in [0.29, 0.717) is 11.1 Å². The van der Waals surface area contributed by atoms with Crippen LogP contribution in [0.15, 0.2) is 309 Å². The molecule has 0 saturated carbocycles. The van der Waals surface area contributed by atoms with E-state index in [-0.39, 0.29) is 0 Å². The van der Waals surface area contributed by atoms with Gasteiger partial charge in [-0.25, -0.2) is 0 Å². The summed E-state index contributed by atoms with van der Waals surface area (Å²) in [5.41, 5.74) is 25.6. The predicted octanol–water partition coefficient (Wildman–Crippen LogP) is 18.8. The van der Waals surface area contributed by atoms with Crippen LogP contribution >= 0.6 is 0 Å². The summed E-state index contributed by atoms with van der Waals surface area (Å²) in [7, 11) is 0. The summed E-state index contributed by atoms with van der Waals surface area (Å²) in [4.78, 5) is 4.79. The van der Waals surface area contributed by atoms with Crippen molar-refractivity contribution in [2.45, 2.75) is 0 Å². The van der Waals surface area contributed by atoms with E-state index < -0.39 is 6.71 Å². The van der Waals surface area contributed by atoms with Crippen LogP contribution in [0.4, 0.5) is 34.1 Å². The molecule has 0 atom stereocenters. The summed E-state index contributed by atoms with van der Waals surface area (Å²) < 4.78 is 0. The summed E-state index contributed by atoms with van der Waals surface area (Å²) >= 11 is 0. The first-order chi connectivity index (χ1) is 42.1. The summed E-state index contributed by atoms with van der Waals surface area (Å²) in [5.74, 6) is 0. The number of fused-ring (bicyclic) bond motifs is 4. The smallest absolute Gasteiger partial charge is 0.252 e. The van der Waals surface area contributed by atoms with Crippen molar-refractivity contribution in [1.29, 1.82) is 10.5 Å². The van der Waals surface area contributed by atoms with Crippen LogP contribution in [0.3, 0.4) is 0 Å². The molecule has 5 heteroatoms. The third-order valence-corrected chi connectivity index (χ3v) is 16.9. The number of benzene rings is 13. The maximum absolute atomic E-state index is 12.1. The van der Waals surface area contributed by atoms with Crippen molar-refractivity contribution in [3.63, 3.8) is 0 Å². The van der Waals surface area contributed by atoms with Gasteiger partial charge in [0, 0.05) is 33.6 Å². The molecule has 0 unspecified atom stereocenters. The highest BCUT2D eigenvalue weighted by molar-refractivity contribution is 7.00. The van der Waals surface area contributed by atoms with Crippen molar-refractivity contribution >= 4 is 57.2 Å². The Labute approximate surface area is 496 Å². The quantitative estimate of drug-likeness (QED) is 0.128. The van der Waals surface area contributed by atoms with Crippen LogP contribution in [0, 0.1) is 22.7 Å². The topological polar surface area (TPSA) is 54.1 Å². The fourth-order valence-corrected chi connectivity index (χ4v) is 13.1. The molecule has 0 N–H and O–H groups in total. The molecule has 15 rings (SSSR count). The lowest BCUT2D eigenvalue weighted by atomic mass is 9.33. The molecule has 2 aliphatic heterocycles. The number of hydrogen-bond acceptors (Lipinski definition) is 4. The zero-order valence-electron chi connectivity index (χ0n) is 46.3. The molecule has 394 valence electrons. The number of rotatable bonds is 10.